The van der Waals surface area contributed by atoms with Crippen molar-refractivity contribution < 1.29 is 0 Å². The molecule has 4 aliphatic carbocycles. The van der Waals surface area contributed by atoms with Gasteiger partial charge in [0.2, 0.25) is 0 Å². The van der Waals surface area contributed by atoms with Crippen LogP contribution in [0.4, 0.5) is 17.1 Å². The van der Waals surface area contributed by atoms with E-state index in [0.29, 0.717) is 0 Å². The van der Waals surface area contributed by atoms with Gasteiger partial charge in [-0.25, -0.2) is 0 Å². The molecule has 0 N–H and O–H groups in total. The van der Waals surface area contributed by atoms with Gasteiger partial charge >= 0.3 is 0 Å². The molecule has 0 heterocycles. The molecular formula is C70H55N. The molecule has 0 bridgehead atoms. The standard InChI is InChI=1S/C70H55N/c1-67(2)41-42-68(3,4)66-55(33-22-38-62(66)67)57-44-56-53-32-17-18-34-58(53)69(46-23-8-5-9-24-46,47-25-10-6-11-26-47)64(56)45-65(57)71(48-27-12-7-13-28-48)49-39-40-54-52-31-16-21-37-61(52)70(63(54)43-49)59-35-19-14-29-50(59)51-30-15-20-36-60(51)70/h5-40,43-45H,41-42H2,1-4H3. The number of para-hydroxylation sites is 1. The maximum atomic E-state index is 2.61. The van der Waals surface area contributed by atoms with Gasteiger partial charge in [-0.2, -0.15) is 0 Å². The maximum Gasteiger partial charge on any atom is 0.0726 e. The fourth-order valence-corrected chi connectivity index (χ4v) is 14.1. The molecule has 0 unspecified atom stereocenters. The number of hydrogen-bond acceptors (Lipinski definition) is 1. The van der Waals surface area contributed by atoms with Gasteiger partial charge in [-0.1, -0.05) is 228 Å². The van der Waals surface area contributed by atoms with E-state index in [0.717, 1.165) is 24.2 Å². The average molecular weight is 910 g/mol. The molecule has 0 aliphatic heterocycles. The van der Waals surface area contributed by atoms with Crippen LogP contribution in [0.25, 0.3) is 44.5 Å². The fourth-order valence-electron chi connectivity index (χ4n) is 14.1. The van der Waals surface area contributed by atoms with E-state index in [4.69, 9.17) is 0 Å². The first kappa shape index (κ1) is 41.9. The van der Waals surface area contributed by atoms with Crippen LogP contribution in [0.3, 0.4) is 0 Å². The molecule has 0 amide bonds. The molecular weight excluding hydrogens is 855 g/mol. The minimum Gasteiger partial charge on any atom is -0.310 e. The second-order valence-electron chi connectivity index (χ2n) is 21.7. The van der Waals surface area contributed by atoms with Crippen LogP contribution in [-0.2, 0) is 21.7 Å². The van der Waals surface area contributed by atoms with Gasteiger partial charge in [-0.15, -0.1) is 0 Å². The van der Waals surface area contributed by atoms with E-state index in [1.54, 1.807) is 0 Å². The number of benzene rings is 10. The molecule has 14 rings (SSSR count). The molecule has 0 radical (unpaired) electrons. The first-order valence-electron chi connectivity index (χ1n) is 25.6. The van der Waals surface area contributed by atoms with E-state index in [-0.39, 0.29) is 10.8 Å². The SMILES string of the molecule is CC1(C)CCC(C)(C)c2c(-c3cc4c(cc3N(c3ccccc3)c3ccc5c(c3)C3(c6ccccc6-c6ccccc63)c3ccccc3-5)C(c3ccccc3)(c3ccccc3)c3ccccc3-4)cccc21. The third-order valence-corrected chi connectivity index (χ3v) is 17.2. The van der Waals surface area contributed by atoms with E-state index in [2.05, 4.69) is 269 Å². The number of anilines is 3. The van der Waals surface area contributed by atoms with Gasteiger partial charge in [-0.3, -0.25) is 0 Å². The van der Waals surface area contributed by atoms with Crippen LogP contribution in [0.1, 0.15) is 96.2 Å². The summed E-state index contributed by atoms with van der Waals surface area (Å²) in [6, 6.07) is 90.1. The lowest BCUT2D eigenvalue weighted by molar-refractivity contribution is 0.333. The average Bonchev–Trinajstić information content (AvgIpc) is 4.01. The lowest BCUT2D eigenvalue weighted by atomic mass is 9.61. The molecule has 0 atom stereocenters. The van der Waals surface area contributed by atoms with E-state index >= 15 is 0 Å². The minimum absolute atomic E-state index is 0.0381. The van der Waals surface area contributed by atoms with E-state index in [1.165, 1.54) is 106 Å². The summed E-state index contributed by atoms with van der Waals surface area (Å²) in [5.74, 6) is 0. The molecule has 0 aromatic heterocycles. The highest BCUT2D eigenvalue weighted by Gasteiger charge is 2.52. The van der Waals surface area contributed by atoms with E-state index in [9.17, 15) is 0 Å². The van der Waals surface area contributed by atoms with Crippen LogP contribution < -0.4 is 4.90 Å². The zero-order valence-electron chi connectivity index (χ0n) is 40.9. The Hall–Kier alpha value is -8.00. The van der Waals surface area contributed by atoms with E-state index in [1.807, 2.05) is 0 Å². The van der Waals surface area contributed by atoms with Crippen LogP contribution in [0, 0.1) is 0 Å². The van der Waals surface area contributed by atoms with Crippen molar-refractivity contribution in [2.45, 2.75) is 62.2 Å². The van der Waals surface area contributed by atoms with Crippen LogP contribution in [0.15, 0.2) is 237 Å². The van der Waals surface area contributed by atoms with Crippen molar-refractivity contribution >= 4 is 17.1 Å². The molecule has 0 saturated carbocycles. The maximum absolute atomic E-state index is 2.61. The second-order valence-corrected chi connectivity index (χ2v) is 21.7. The topological polar surface area (TPSA) is 3.24 Å². The predicted octanol–water partition coefficient (Wildman–Crippen LogP) is 17.9. The Morgan fingerprint density at radius 3 is 1.27 bits per heavy atom. The fraction of sp³-hybridized carbons (Fsp3) is 0.143. The first-order chi connectivity index (χ1) is 34.7. The van der Waals surface area contributed by atoms with Crippen LogP contribution in [-0.4, -0.2) is 0 Å². The Balaban J connectivity index is 1.12. The van der Waals surface area contributed by atoms with Crippen molar-refractivity contribution in [3.05, 3.63) is 292 Å². The highest BCUT2D eigenvalue weighted by Crippen LogP contribution is 2.65. The quantitative estimate of drug-likeness (QED) is 0.161. The Bertz CT molecular complexity index is 3660. The summed E-state index contributed by atoms with van der Waals surface area (Å²) in [7, 11) is 0. The molecule has 340 valence electrons. The van der Waals surface area contributed by atoms with Crippen molar-refractivity contribution in [3.8, 4) is 44.5 Å². The number of hydrogen-bond donors (Lipinski definition) is 0. The molecule has 1 nitrogen and oxygen atoms in total. The highest BCUT2D eigenvalue weighted by atomic mass is 15.1. The highest BCUT2D eigenvalue weighted by molar-refractivity contribution is 6.00. The third kappa shape index (κ3) is 5.69. The van der Waals surface area contributed by atoms with Gasteiger partial charge in [0.15, 0.2) is 0 Å². The molecule has 71 heavy (non-hydrogen) atoms. The van der Waals surface area contributed by atoms with E-state index < -0.39 is 10.8 Å². The summed E-state index contributed by atoms with van der Waals surface area (Å²) in [4.78, 5) is 2.60. The summed E-state index contributed by atoms with van der Waals surface area (Å²) >= 11 is 0. The van der Waals surface area contributed by atoms with Crippen molar-refractivity contribution in [2.24, 2.45) is 0 Å². The molecule has 1 heteroatoms. The molecule has 0 saturated heterocycles. The summed E-state index contributed by atoms with van der Waals surface area (Å²) in [5.41, 5.74) is 26.2. The summed E-state index contributed by atoms with van der Waals surface area (Å²) in [6.07, 6.45) is 2.27. The van der Waals surface area contributed by atoms with Crippen LogP contribution in [0.5, 0.6) is 0 Å². The Morgan fingerprint density at radius 2 is 0.704 bits per heavy atom. The molecule has 10 aromatic rings. The third-order valence-electron chi connectivity index (χ3n) is 17.2. The molecule has 4 aliphatic rings. The Kier molecular flexibility index (Phi) is 9.00. The van der Waals surface area contributed by atoms with Crippen LogP contribution >= 0.6 is 0 Å². The van der Waals surface area contributed by atoms with Gasteiger partial charge in [0.05, 0.1) is 16.5 Å². The van der Waals surface area contributed by atoms with Crippen molar-refractivity contribution in [2.75, 3.05) is 4.90 Å². The number of nitrogens with zero attached hydrogens (tertiary/aromatic N) is 1. The second kappa shape index (κ2) is 15.2. The normalized spacial score (nSPS) is 16.2. The minimum atomic E-state index is -0.581. The monoisotopic (exact) mass is 909 g/mol. The smallest absolute Gasteiger partial charge is 0.0726 e. The molecule has 0 fully saturated rings. The Labute approximate surface area is 418 Å². The zero-order chi connectivity index (χ0) is 47.7. The van der Waals surface area contributed by atoms with Gasteiger partial charge < -0.3 is 4.90 Å². The van der Waals surface area contributed by atoms with Crippen LogP contribution in [0.2, 0.25) is 0 Å². The summed E-state index contributed by atoms with van der Waals surface area (Å²) in [5, 5.41) is 0. The summed E-state index contributed by atoms with van der Waals surface area (Å²) < 4.78 is 0. The lowest BCUT2D eigenvalue weighted by Crippen LogP contribution is -2.34. The number of fused-ring (bicyclic) bond motifs is 14. The molecule has 1 spiro atoms. The van der Waals surface area contributed by atoms with Crippen molar-refractivity contribution in [3.63, 3.8) is 0 Å². The zero-order valence-corrected chi connectivity index (χ0v) is 40.9. The Morgan fingerprint density at radius 1 is 0.282 bits per heavy atom. The first-order valence-corrected chi connectivity index (χ1v) is 25.6. The molecule has 10 aromatic carbocycles. The van der Waals surface area contributed by atoms with Crippen molar-refractivity contribution in [1.29, 1.82) is 0 Å². The summed E-state index contributed by atoms with van der Waals surface area (Å²) in [6.45, 7) is 9.86. The van der Waals surface area contributed by atoms with Gasteiger partial charge in [0, 0.05) is 16.9 Å². The van der Waals surface area contributed by atoms with Gasteiger partial charge in [0.1, 0.15) is 0 Å². The largest absolute Gasteiger partial charge is 0.310 e. The predicted molar refractivity (Wildman–Crippen MR) is 295 cm³/mol. The number of rotatable bonds is 6. The van der Waals surface area contributed by atoms with Crippen molar-refractivity contribution in [1.82, 2.24) is 0 Å². The van der Waals surface area contributed by atoms with Gasteiger partial charge in [-0.05, 0) is 155 Å². The van der Waals surface area contributed by atoms with Gasteiger partial charge in [0.25, 0.3) is 0 Å². The lowest BCUT2D eigenvalue weighted by Gasteiger charge is -2.43.